The first-order valence-electron chi connectivity index (χ1n) is 18.2. The van der Waals surface area contributed by atoms with Crippen LogP contribution in [0.15, 0.2) is 83.8 Å². The van der Waals surface area contributed by atoms with Crippen molar-refractivity contribution < 1.29 is 22.7 Å². The highest BCUT2D eigenvalue weighted by molar-refractivity contribution is 7.90. The van der Waals surface area contributed by atoms with Gasteiger partial charge in [0.25, 0.3) is 15.9 Å². The van der Waals surface area contributed by atoms with E-state index in [0.29, 0.717) is 31.2 Å². The van der Waals surface area contributed by atoms with Crippen LogP contribution in [0, 0.1) is 6.92 Å². The van der Waals surface area contributed by atoms with Crippen LogP contribution in [0.25, 0.3) is 11.0 Å². The van der Waals surface area contributed by atoms with E-state index in [1.807, 2.05) is 10.8 Å². The molecule has 270 valence electrons. The molecule has 10 nitrogen and oxygen atoms in total. The van der Waals surface area contributed by atoms with Crippen molar-refractivity contribution in [3.8, 4) is 0 Å². The number of nitrogens with one attached hydrogen (secondary N) is 1. The number of benzene rings is 3. The Labute approximate surface area is 301 Å². The first-order valence-corrected chi connectivity index (χ1v) is 19.7. The van der Waals surface area contributed by atoms with Crippen LogP contribution in [0.5, 0.6) is 0 Å². The van der Waals surface area contributed by atoms with Gasteiger partial charge in [0.15, 0.2) is 0 Å². The lowest BCUT2D eigenvalue weighted by atomic mass is 9.70. The molecule has 4 heterocycles. The number of aryl methyl sites for hydroxylation is 1. The fourth-order valence-electron chi connectivity index (χ4n) is 8.91. The molecule has 0 spiro atoms. The second kappa shape index (κ2) is 13.7. The maximum atomic E-state index is 14.0. The molecule has 0 aliphatic carbocycles. The number of aromatic nitrogens is 2. The highest BCUT2D eigenvalue weighted by Crippen LogP contribution is 2.45. The van der Waals surface area contributed by atoms with E-state index in [0.717, 1.165) is 50.0 Å². The molecule has 4 aromatic rings. The van der Waals surface area contributed by atoms with Gasteiger partial charge in [0.2, 0.25) is 0 Å². The monoisotopic (exact) mass is 711 g/mol. The van der Waals surface area contributed by atoms with E-state index in [2.05, 4.69) is 64.9 Å². The summed E-state index contributed by atoms with van der Waals surface area (Å²) in [5.74, 6) is 0.738. The number of para-hydroxylation sites is 2. The number of fused-ring (bicyclic) bond motifs is 3. The third-order valence-electron chi connectivity index (χ3n) is 11.3. The summed E-state index contributed by atoms with van der Waals surface area (Å²) in [6.45, 7) is 9.10. The molecule has 11 heteroatoms. The van der Waals surface area contributed by atoms with Crippen LogP contribution in [0.1, 0.15) is 93.5 Å². The van der Waals surface area contributed by atoms with Crippen molar-refractivity contribution in [2.45, 2.75) is 107 Å². The van der Waals surface area contributed by atoms with Gasteiger partial charge in [-0.3, -0.25) is 9.69 Å². The standard InChI is InChI=1S/C40H49N5O5S/c1-28-41-34-15-9-10-16-35(34)45(28)32-26-30-18-19-31(27-32)44(30)25-22-40(29-12-6-5-7-13-29)20-23-43(24-21-40)37(46)33-14-8-11-17-36(33)51(48,49)42-38(47)50-39(2,3)4/h5-17,30-32H,18-27H2,1-4H3,(H,42,47). The quantitative estimate of drug-likeness (QED) is 0.210. The van der Waals surface area contributed by atoms with Crippen molar-refractivity contribution >= 4 is 33.1 Å². The summed E-state index contributed by atoms with van der Waals surface area (Å²) in [4.78, 5) is 35.5. The summed E-state index contributed by atoms with van der Waals surface area (Å²) >= 11 is 0. The fraction of sp³-hybridized carbons (Fsp3) is 0.475. The molecule has 51 heavy (non-hydrogen) atoms. The van der Waals surface area contributed by atoms with Gasteiger partial charge >= 0.3 is 6.09 Å². The molecule has 1 aromatic heterocycles. The first-order chi connectivity index (χ1) is 24.3. The Balaban J connectivity index is 1.05. The molecule has 3 aliphatic heterocycles. The molecule has 0 saturated carbocycles. The van der Waals surface area contributed by atoms with E-state index < -0.39 is 21.7 Å². The largest absolute Gasteiger partial charge is 0.443 e. The van der Waals surface area contributed by atoms with Crippen molar-refractivity contribution in [2.75, 3.05) is 19.6 Å². The summed E-state index contributed by atoms with van der Waals surface area (Å²) in [5.41, 5.74) is 2.66. The average molecular weight is 712 g/mol. The van der Waals surface area contributed by atoms with Gasteiger partial charge in [0.1, 0.15) is 16.3 Å². The number of likely N-dealkylation sites (tertiary alicyclic amines) is 1. The number of amides is 2. The number of rotatable bonds is 8. The van der Waals surface area contributed by atoms with Gasteiger partial charge < -0.3 is 14.2 Å². The van der Waals surface area contributed by atoms with Crippen LogP contribution in [0.4, 0.5) is 4.79 Å². The summed E-state index contributed by atoms with van der Waals surface area (Å²) in [6, 6.07) is 26.7. The number of carbonyl (C=O) groups is 2. The summed E-state index contributed by atoms with van der Waals surface area (Å²) in [7, 11) is -4.35. The van der Waals surface area contributed by atoms with Crippen LogP contribution in [0.3, 0.4) is 0 Å². The molecule has 3 saturated heterocycles. The Morgan fingerprint density at radius 1 is 0.882 bits per heavy atom. The number of nitrogens with zero attached hydrogens (tertiary/aromatic N) is 4. The summed E-state index contributed by atoms with van der Waals surface area (Å²) < 4.78 is 36.2. The van der Waals surface area contributed by atoms with Gasteiger partial charge in [-0.1, -0.05) is 54.6 Å². The highest BCUT2D eigenvalue weighted by atomic mass is 32.2. The summed E-state index contributed by atoms with van der Waals surface area (Å²) in [5, 5.41) is 0. The lowest BCUT2D eigenvalue weighted by molar-refractivity contribution is 0.0565. The van der Waals surface area contributed by atoms with Crippen LogP contribution in [-0.4, -0.2) is 77.1 Å². The third-order valence-corrected chi connectivity index (χ3v) is 12.6. The lowest BCUT2D eigenvalue weighted by Crippen LogP contribution is -2.49. The van der Waals surface area contributed by atoms with Crippen LogP contribution < -0.4 is 4.72 Å². The molecular formula is C40H49N5O5S. The Bertz CT molecular complexity index is 2000. The smallest absolute Gasteiger partial charge is 0.421 e. The zero-order valence-electron chi connectivity index (χ0n) is 30.0. The van der Waals surface area contributed by atoms with Gasteiger partial charge in [-0.25, -0.2) is 22.9 Å². The molecule has 2 unspecified atom stereocenters. The van der Waals surface area contributed by atoms with E-state index in [1.165, 1.54) is 36.1 Å². The van der Waals surface area contributed by atoms with E-state index in [-0.39, 0.29) is 21.8 Å². The molecule has 3 fully saturated rings. The van der Waals surface area contributed by atoms with Crippen LogP contribution in [0.2, 0.25) is 0 Å². The highest BCUT2D eigenvalue weighted by Gasteiger charge is 2.44. The Hall–Kier alpha value is -4.22. The molecule has 2 atom stereocenters. The number of hydrogen-bond acceptors (Lipinski definition) is 7. The van der Waals surface area contributed by atoms with Crippen molar-refractivity contribution in [3.63, 3.8) is 0 Å². The zero-order chi connectivity index (χ0) is 36.0. The van der Waals surface area contributed by atoms with E-state index in [4.69, 9.17) is 9.72 Å². The minimum Gasteiger partial charge on any atom is -0.443 e. The predicted molar refractivity (Wildman–Crippen MR) is 197 cm³/mol. The summed E-state index contributed by atoms with van der Waals surface area (Å²) in [6.07, 6.45) is 6.16. The average Bonchev–Trinajstić information content (AvgIpc) is 3.56. The number of hydrogen-bond donors (Lipinski definition) is 1. The zero-order valence-corrected chi connectivity index (χ0v) is 30.9. The minimum atomic E-state index is -4.35. The number of imidazole rings is 1. The number of sulfonamides is 1. The van der Waals surface area contributed by atoms with Crippen LogP contribution >= 0.6 is 0 Å². The number of carbonyl (C=O) groups excluding carboxylic acids is 2. The topological polar surface area (TPSA) is 114 Å². The lowest BCUT2D eigenvalue weighted by Gasteiger charge is -2.45. The SMILES string of the molecule is Cc1nc2ccccc2n1C1CC2CCC(C1)N2CCC1(c2ccccc2)CCN(C(=O)c2ccccc2S(=O)(=O)NC(=O)OC(C)(C)C)CC1. The van der Waals surface area contributed by atoms with Gasteiger partial charge in [0, 0.05) is 31.2 Å². The third kappa shape index (κ3) is 7.15. The molecule has 3 aromatic carbocycles. The molecule has 1 N–H and O–H groups in total. The van der Waals surface area contributed by atoms with Gasteiger partial charge in [-0.15, -0.1) is 0 Å². The van der Waals surface area contributed by atoms with Gasteiger partial charge in [0.05, 0.1) is 16.6 Å². The molecule has 7 rings (SSSR count). The Morgan fingerprint density at radius 3 is 2.20 bits per heavy atom. The first kappa shape index (κ1) is 35.2. The second-order valence-corrected chi connectivity index (χ2v) is 17.2. The minimum absolute atomic E-state index is 0.0427. The second-order valence-electron chi connectivity index (χ2n) is 15.6. The normalized spacial score (nSPS) is 22.2. The molecular weight excluding hydrogens is 663 g/mol. The molecule has 2 bridgehead atoms. The van der Waals surface area contributed by atoms with Crippen molar-refractivity contribution in [3.05, 3.63) is 95.8 Å². The number of piperidine rings is 2. The van der Waals surface area contributed by atoms with Gasteiger partial charge in [-0.05, 0) is 114 Å². The van der Waals surface area contributed by atoms with Crippen molar-refractivity contribution in [2.24, 2.45) is 0 Å². The van der Waals surface area contributed by atoms with Crippen LogP contribution in [-0.2, 0) is 20.2 Å². The fourth-order valence-corrected chi connectivity index (χ4v) is 9.99. The molecule has 3 aliphatic rings. The van der Waals surface area contributed by atoms with Crippen molar-refractivity contribution in [1.29, 1.82) is 0 Å². The maximum Gasteiger partial charge on any atom is 0.421 e. The van der Waals surface area contributed by atoms with E-state index in [9.17, 15) is 18.0 Å². The molecule has 0 radical (unpaired) electrons. The Morgan fingerprint density at radius 2 is 1.51 bits per heavy atom. The van der Waals surface area contributed by atoms with Gasteiger partial charge in [-0.2, -0.15) is 0 Å². The maximum absolute atomic E-state index is 14.0. The van der Waals surface area contributed by atoms with Crippen molar-refractivity contribution in [1.82, 2.24) is 24.1 Å². The van der Waals surface area contributed by atoms with E-state index in [1.54, 1.807) is 37.8 Å². The Kier molecular flexibility index (Phi) is 9.47. The van der Waals surface area contributed by atoms with E-state index >= 15 is 0 Å². The predicted octanol–water partition coefficient (Wildman–Crippen LogP) is 6.99. The number of ether oxygens (including phenoxy) is 1. The molecule has 2 amide bonds.